The van der Waals surface area contributed by atoms with Gasteiger partial charge in [-0.3, -0.25) is 9.48 Å². The van der Waals surface area contributed by atoms with Crippen LogP contribution in [0.25, 0.3) is 0 Å². The van der Waals surface area contributed by atoms with E-state index in [0.717, 1.165) is 5.69 Å². The van der Waals surface area contributed by atoms with Gasteiger partial charge in [0.1, 0.15) is 11.9 Å². The normalized spacial score (nSPS) is 24.8. The number of amides is 1. The molecule has 2 aromatic heterocycles. The summed E-state index contributed by atoms with van der Waals surface area (Å²) in [6.45, 7) is 2.77. The van der Waals surface area contributed by atoms with Crippen molar-refractivity contribution in [3.05, 3.63) is 29.4 Å². The molecule has 4 atom stereocenters. The molecule has 2 heterocycles. The molecule has 1 amide bonds. The zero-order chi connectivity index (χ0) is 18.8. The van der Waals surface area contributed by atoms with E-state index in [1.54, 1.807) is 11.6 Å². The fourth-order valence-electron chi connectivity index (χ4n) is 3.23. The van der Waals surface area contributed by atoms with Crippen LogP contribution in [0.2, 0.25) is 0 Å². The van der Waals surface area contributed by atoms with Crippen molar-refractivity contribution < 1.29 is 19.5 Å². The maximum absolute atomic E-state index is 12.2. The fraction of sp³-hybridized carbons (Fsp3) is 0.625. The van der Waals surface area contributed by atoms with Crippen molar-refractivity contribution in [2.45, 2.75) is 44.7 Å². The third-order valence-corrected chi connectivity index (χ3v) is 4.46. The Balaban J connectivity index is 0.00000261. The Morgan fingerprint density at radius 1 is 1.41 bits per heavy atom. The summed E-state index contributed by atoms with van der Waals surface area (Å²) in [4.78, 5) is 14.2. The maximum Gasteiger partial charge on any atom is 0.273 e. The molecule has 1 fully saturated rings. The highest BCUT2D eigenvalue weighted by Gasteiger charge is 2.42. The van der Waals surface area contributed by atoms with Crippen molar-refractivity contribution in [1.82, 2.24) is 30.4 Å². The molecule has 27 heavy (non-hydrogen) atoms. The molecule has 3 N–H and O–H groups in total. The minimum atomic E-state index is -1.05. The number of aryl methyl sites for hydroxylation is 1. The highest BCUT2D eigenvalue weighted by atomic mass is 35.5. The predicted molar refractivity (Wildman–Crippen MR) is 97.3 cm³/mol. The van der Waals surface area contributed by atoms with Gasteiger partial charge >= 0.3 is 0 Å². The van der Waals surface area contributed by atoms with E-state index in [1.165, 1.54) is 6.07 Å². The molecule has 3 rings (SSSR count). The largest absolute Gasteiger partial charge is 0.390 e. The van der Waals surface area contributed by atoms with Gasteiger partial charge < -0.3 is 25.0 Å². The Morgan fingerprint density at radius 2 is 2.15 bits per heavy atom. The van der Waals surface area contributed by atoms with Crippen molar-refractivity contribution in [2.75, 3.05) is 14.1 Å². The number of nitrogens with zero attached hydrogens (tertiary/aromatic N) is 5. The van der Waals surface area contributed by atoms with E-state index in [4.69, 9.17) is 4.52 Å². The lowest BCUT2D eigenvalue weighted by atomic mass is 10.1. The number of halogens is 1. The first kappa shape index (κ1) is 21.3. The molecule has 2 aromatic rings. The Kier molecular flexibility index (Phi) is 6.93. The van der Waals surface area contributed by atoms with Gasteiger partial charge in [0, 0.05) is 31.3 Å². The summed E-state index contributed by atoms with van der Waals surface area (Å²) in [6, 6.07) is 0.955. The molecule has 0 bridgehead atoms. The molecule has 1 aliphatic carbocycles. The minimum absolute atomic E-state index is 0. The van der Waals surface area contributed by atoms with Crippen LogP contribution < -0.4 is 5.32 Å². The second kappa shape index (κ2) is 8.79. The molecular weight excluding hydrogens is 376 g/mol. The van der Waals surface area contributed by atoms with Crippen molar-refractivity contribution in [3.63, 3.8) is 0 Å². The first-order valence-electron chi connectivity index (χ1n) is 8.47. The number of carbonyl (C=O) groups excluding carboxylic acids is 1. The van der Waals surface area contributed by atoms with E-state index in [9.17, 15) is 15.0 Å². The third kappa shape index (κ3) is 5.04. The van der Waals surface area contributed by atoms with Crippen LogP contribution in [0.4, 0.5) is 0 Å². The standard InChI is InChI=1S/C16H24N6O4.ClH/c1-9-4-13(19-26-9)16(25)17-12-5-10(14(23)15(12)24)6-22-8-11(18-20-22)7-21(2)3;/h4,8,10,12,14-15,23-24H,5-7H2,1-3H3,(H,17,25);1H/t10-,12-,14-,15+;/m1./s1. The van der Waals surface area contributed by atoms with Crippen molar-refractivity contribution >= 4 is 18.3 Å². The Morgan fingerprint density at radius 3 is 2.78 bits per heavy atom. The zero-order valence-electron chi connectivity index (χ0n) is 15.4. The first-order valence-corrected chi connectivity index (χ1v) is 8.47. The van der Waals surface area contributed by atoms with Gasteiger partial charge in [0.05, 0.1) is 17.8 Å². The van der Waals surface area contributed by atoms with Gasteiger partial charge in [-0.25, -0.2) is 0 Å². The number of aliphatic hydroxyl groups excluding tert-OH is 2. The van der Waals surface area contributed by atoms with Crippen LogP contribution in [0.3, 0.4) is 0 Å². The van der Waals surface area contributed by atoms with E-state index in [-0.39, 0.29) is 24.0 Å². The number of nitrogens with one attached hydrogen (secondary N) is 1. The summed E-state index contributed by atoms with van der Waals surface area (Å²) in [7, 11) is 3.89. The lowest BCUT2D eigenvalue weighted by molar-refractivity contribution is 0.00757. The molecule has 0 aromatic carbocycles. The van der Waals surface area contributed by atoms with Gasteiger partial charge in [-0.05, 0) is 27.4 Å². The molecular formula is C16H25ClN6O4. The van der Waals surface area contributed by atoms with Crippen LogP contribution in [0, 0.1) is 12.8 Å². The minimum Gasteiger partial charge on any atom is -0.390 e. The second-order valence-corrected chi connectivity index (χ2v) is 7.05. The van der Waals surface area contributed by atoms with E-state index >= 15 is 0 Å². The third-order valence-electron chi connectivity index (χ3n) is 4.46. The number of aromatic nitrogens is 4. The Labute approximate surface area is 162 Å². The maximum atomic E-state index is 12.2. The van der Waals surface area contributed by atoms with Crippen molar-refractivity contribution in [1.29, 1.82) is 0 Å². The molecule has 1 saturated carbocycles. The molecule has 0 radical (unpaired) electrons. The second-order valence-electron chi connectivity index (χ2n) is 7.05. The molecule has 1 aliphatic rings. The first-order chi connectivity index (χ1) is 12.3. The van der Waals surface area contributed by atoms with Gasteiger partial charge in [-0.1, -0.05) is 10.4 Å². The van der Waals surface area contributed by atoms with Crippen LogP contribution in [-0.4, -0.2) is 73.5 Å². The molecule has 11 heteroatoms. The number of aliphatic hydroxyl groups is 2. The highest BCUT2D eigenvalue weighted by molar-refractivity contribution is 5.92. The molecule has 0 unspecified atom stereocenters. The van der Waals surface area contributed by atoms with Crippen LogP contribution in [-0.2, 0) is 13.1 Å². The lowest BCUT2D eigenvalue weighted by Crippen LogP contribution is -2.43. The lowest BCUT2D eigenvalue weighted by Gasteiger charge is -2.17. The SMILES string of the molecule is Cc1cc(C(=O)N[C@@H]2C[C@H](Cn3cc(CN(C)C)nn3)[C@@H](O)[C@H]2O)no1.Cl. The van der Waals surface area contributed by atoms with Crippen molar-refractivity contribution in [3.8, 4) is 0 Å². The van der Waals surface area contributed by atoms with Crippen molar-refractivity contribution in [2.24, 2.45) is 5.92 Å². The van der Waals surface area contributed by atoms with Gasteiger partial charge in [-0.15, -0.1) is 17.5 Å². The van der Waals surface area contributed by atoms with E-state index in [0.29, 0.717) is 25.3 Å². The quantitative estimate of drug-likeness (QED) is 0.597. The summed E-state index contributed by atoms with van der Waals surface area (Å²) in [6.07, 6.45) is 0.235. The molecule has 10 nitrogen and oxygen atoms in total. The van der Waals surface area contributed by atoms with Gasteiger partial charge in [0.15, 0.2) is 5.69 Å². The van der Waals surface area contributed by atoms with Crippen LogP contribution >= 0.6 is 12.4 Å². The highest BCUT2D eigenvalue weighted by Crippen LogP contribution is 2.28. The van der Waals surface area contributed by atoms with Gasteiger partial charge in [0.25, 0.3) is 5.91 Å². The average Bonchev–Trinajstić information content (AvgIpc) is 3.25. The summed E-state index contributed by atoms with van der Waals surface area (Å²) >= 11 is 0. The molecule has 0 aliphatic heterocycles. The molecule has 150 valence electrons. The number of hydrogen-bond acceptors (Lipinski definition) is 8. The zero-order valence-corrected chi connectivity index (χ0v) is 16.3. The topological polar surface area (TPSA) is 130 Å². The average molecular weight is 401 g/mol. The van der Waals surface area contributed by atoms with Gasteiger partial charge in [0.2, 0.25) is 0 Å². The van der Waals surface area contributed by atoms with Crippen LogP contribution in [0.5, 0.6) is 0 Å². The van der Waals surface area contributed by atoms with E-state index in [1.807, 2.05) is 25.2 Å². The monoisotopic (exact) mass is 400 g/mol. The molecule has 0 saturated heterocycles. The Bertz CT molecular complexity index is 764. The molecule has 0 spiro atoms. The van der Waals surface area contributed by atoms with E-state index in [2.05, 4.69) is 20.8 Å². The predicted octanol–water partition coefficient (Wildman–Crippen LogP) is -0.402. The Hall–Kier alpha value is -2.01. The number of carbonyl (C=O) groups is 1. The number of rotatable bonds is 6. The summed E-state index contributed by atoms with van der Waals surface area (Å²) in [5.41, 5.74) is 0.978. The van der Waals surface area contributed by atoms with Crippen LogP contribution in [0.15, 0.2) is 16.8 Å². The summed E-state index contributed by atoms with van der Waals surface area (Å²) in [5, 5.41) is 35.1. The number of hydrogen-bond donors (Lipinski definition) is 3. The van der Waals surface area contributed by atoms with Crippen LogP contribution in [0.1, 0.15) is 28.4 Å². The van der Waals surface area contributed by atoms with Gasteiger partial charge in [-0.2, -0.15) is 0 Å². The smallest absolute Gasteiger partial charge is 0.273 e. The summed E-state index contributed by atoms with van der Waals surface area (Å²) < 4.78 is 6.54. The summed E-state index contributed by atoms with van der Waals surface area (Å²) in [5.74, 6) is -0.157. The van der Waals surface area contributed by atoms with E-state index < -0.39 is 24.2 Å². The fourth-order valence-corrected chi connectivity index (χ4v) is 3.23.